The largest absolute Gasteiger partial charge is 0.378 e. The Labute approximate surface area is 100 Å². The lowest BCUT2D eigenvalue weighted by molar-refractivity contribution is -0.0604. The molecule has 2 unspecified atom stereocenters. The van der Waals surface area contributed by atoms with Crippen LogP contribution in [0.1, 0.15) is 59.3 Å². The summed E-state index contributed by atoms with van der Waals surface area (Å²) in [5, 5.41) is 0. The number of allylic oxidation sites excluding steroid dienone is 1. The normalized spacial score (nSPS) is 38.6. The molecule has 2 atom stereocenters. The quantitative estimate of drug-likeness (QED) is 0.554. The third-order valence-corrected chi connectivity index (χ3v) is 4.55. The van der Waals surface area contributed by atoms with Crippen LogP contribution >= 0.6 is 0 Å². The maximum atomic E-state index is 6.11. The van der Waals surface area contributed by atoms with Gasteiger partial charge in [0.15, 0.2) is 0 Å². The summed E-state index contributed by atoms with van der Waals surface area (Å²) >= 11 is 0. The van der Waals surface area contributed by atoms with Crippen LogP contribution in [0.15, 0.2) is 11.6 Å². The lowest BCUT2D eigenvalue weighted by Crippen LogP contribution is -2.39. The molecule has 0 N–H and O–H groups in total. The number of fused-ring (bicyclic) bond motifs is 1. The maximum absolute atomic E-state index is 6.11. The van der Waals surface area contributed by atoms with Crippen molar-refractivity contribution in [2.75, 3.05) is 6.61 Å². The first-order chi connectivity index (χ1) is 7.59. The van der Waals surface area contributed by atoms with Crippen molar-refractivity contribution >= 4 is 0 Å². The molecule has 0 saturated heterocycles. The van der Waals surface area contributed by atoms with Crippen LogP contribution < -0.4 is 0 Å². The summed E-state index contributed by atoms with van der Waals surface area (Å²) in [6, 6.07) is 0. The summed E-state index contributed by atoms with van der Waals surface area (Å²) in [4.78, 5) is 0. The SMILES string of the molecule is C/C1=C/CCOC2CCCC(C)(C)C2CC1. The van der Waals surface area contributed by atoms with Gasteiger partial charge in [0.2, 0.25) is 0 Å². The Morgan fingerprint density at radius 1 is 1.31 bits per heavy atom. The van der Waals surface area contributed by atoms with Gasteiger partial charge in [-0.15, -0.1) is 0 Å². The van der Waals surface area contributed by atoms with E-state index >= 15 is 0 Å². The first-order valence-electron chi connectivity index (χ1n) is 6.87. The molecule has 92 valence electrons. The Hall–Kier alpha value is -0.300. The molecule has 0 radical (unpaired) electrons. The van der Waals surface area contributed by atoms with Gasteiger partial charge in [-0.25, -0.2) is 0 Å². The van der Waals surface area contributed by atoms with Gasteiger partial charge >= 0.3 is 0 Å². The Kier molecular flexibility index (Phi) is 3.73. The number of hydrogen-bond acceptors (Lipinski definition) is 1. The Morgan fingerprint density at radius 3 is 2.94 bits per heavy atom. The molecule has 1 aliphatic heterocycles. The van der Waals surface area contributed by atoms with Crippen molar-refractivity contribution < 1.29 is 4.74 Å². The maximum Gasteiger partial charge on any atom is 0.0608 e. The van der Waals surface area contributed by atoms with E-state index < -0.39 is 0 Å². The molecule has 0 aromatic heterocycles. The summed E-state index contributed by atoms with van der Waals surface area (Å²) in [7, 11) is 0. The zero-order valence-electron chi connectivity index (χ0n) is 11.1. The van der Waals surface area contributed by atoms with Crippen LogP contribution in [0.2, 0.25) is 0 Å². The summed E-state index contributed by atoms with van der Waals surface area (Å²) in [6.45, 7) is 8.07. The molecule has 0 aromatic rings. The van der Waals surface area contributed by atoms with E-state index in [1.807, 2.05) is 0 Å². The number of ether oxygens (including phenoxy) is 1. The van der Waals surface area contributed by atoms with E-state index in [4.69, 9.17) is 4.74 Å². The lowest BCUT2D eigenvalue weighted by Gasteiger charge is -2.44. The Bertz CT molecular complexity index is 265. The number of rotatable bonds is 0. The van der Waals surface area contributed by atoms with Crippen LogP contribution in [0.25, 0.3) is 0 Å². The van der Waals surface area contributed by atoms with E-state index in [9.17, 15) is 0 Å². The average Bonchev–Trinajstić information content (AvgIpc) is 2.30. The first-order valence-corrected chi connectivity index (χ1v) is 6.87. The van der Waals surface area contributed by atoms with Crippen LogP contribution in [0.3, 0.4) is 0 Å². The zero-order chi connectivity index (χ0) is 11.6. The van der Waals surface area contributed by atoms with E-state index in [2.05, 4.69) is 26.8 Å². The molecule has 2 aliphatic rings. The van der Waals surface area contributed by atoms with Gasteiger partial charge in [0.05, 0.1) is 12.7 Å². The monoisotopic (exact) mass is 222 g/mol. The highest BCUT2D eigenvalue weighted by Gasteiger charge is 2.39. The first kappa shape index (κ1) is 12.2. The average molecular weight is 222 g/mol. The van der Waals surface area contributed by atoms with E-state index in [-0.39, 0.29) is 0 Å². The minimum Gasteiger partial charge on any atom is -0.378 e. The van der Waals surface area contributed by atoms with Gasteiger partial charge < -0.3 is 4.74 Å². The molecule has 1 fully saturated rings. The molecular formula is C15H26O. The molecule has 0 amide bonds. The van der Waals surface area contributed by atoms with E-state index in [1.165, 1.54) is 32.1 Å². The Morgan fingerprint density at radius 2 is 2.12 bits per heavy atom. The van der Waals surface area contributed by atoms with Gasteiger partial charge in [0, 0.05) is 0 Å². The zero-order valence-corrected chi connectivity index (χ0v) is 11.1. The fourth-order valence-electron chi connectivity index (χ4n) is 3.43. The molecule has 2 rings (SSSR count). The molecule has 1 nitrogen and oxygen atoms in total. The van der Waals surface area contributed by atoms with Crippen LogP contribution in [0.4, 0.5) is 0 Å². The second-order valence-electron chi connectivity index (χ2n) is 6.27. The van der Waals surface area contributed by atoms with Crippen molar-refractivity contribution in [3.63, 3.8) is 0 Å². The fourth-order valence-corrected chi connectivity index (χ4v) is 3.43. The van der Waals surface area contributed by atoms with Crippen LogP contribution in [0, 0.1) is 11.3 Å². The van der Waals surface area contributed by atoms with Crippen LogP contribution in [-0.4, -0.2) is 12.7 Å². The molecule has 1 saturated carbocycles. The molecule has 1 heterocycles. The molecular weight excluding hydrogens is 196 g/mol. The summed E-state index contributed by atoms with van der Waals surface area (Å²) in [5.41, 5.74) is 2.04. The topological polar surface area (TPSA) is 9.23 Å². The minimum absolute atomic E-state index is 0.480. The van der Waals surface area contributed by atoms with E-state index in [1.54, 1.807) is 5.57 Å². The van der Waals surface area contributed by atoms with Crippen LogP contribution in [-0.2, 0) is 4.74 Å². The second kappa shape index (κ2) is 4.91. The Balaban J connectivity index is 2.10. The predicted molar refractivity (Wildman–Crippen MR) is 68.5 cm³/mol. The molecule has 1 heteroatoms. The highest BCUT2D eigenvalue weighted by Crippen LogP contribution is 2.45. The standard InChI is InChI=1S/C15H26O/c1-12-6-5-11-16-14-7-4-10-15(2,3)13(14)9-8-12/h6,13-14H,4-5,7-11H2,1-3H3/b12-6-. The predicted octanol–water partition coefficient (Wildman–Crippen LogP) is 4.33. The smallest absolute Gasteiger partial charge is 0.0608 e. The van der Waals surface area contributed by atoms with Crippen molar-refractivity contribution in [3.05, 3.63) is 11.6 Å². The highest BCUT2D eigenvalue weighted by molar-refractivity contribution is 5.01. The highest BCUT2D eigenvalue weighted by atomic mass is 16.5. The van der Waals surface area contributed by atoms with Crippen LogP contribution in [0.5, 0.6) is 0 Å². The van der Waals surface area contributed by atoms with E-state index in [0.717, 1.165) is 18.9 Å². The minimum atomic E-state index is 0.480. The van der Waals surface area contributed by atoms with Gasteiger partial charge in [-0.2, -0.15) is 0 Å². The summed E-state index contributed by atoms with van der Waals surface area (Å²) < 4.78 is 6.11. The van der Waals surface area contributed by atoms with Crippen molar-refractivity contribution in [1.29, 1.82) is 0 Å². The lowest BCUT2D eigenvalue weighted by atomic mass is 9.65. The van der Waals surface area contributed by atoms with Gasteiger partial charge in [-0.1, -0.05) is 31.9 Å². The van der Waals surface area contributed by atoms with Gasteiger partial charge in [0.25, 0.3) is 0 Å². The fraction of sp³-hybridized carbons (Fsp3) is 0.867. The molecule has 16 heavy (non-hydrogen) atoms. The van der Waals surface area contributed by atoms with Crippen molar-refractivity contribution in [1.82, 2.24) is 0 Å². The number of hydrogen-bond donors (Lipinski definition) is 0. The van der Waals surface area contributed by atoms with Gasteiger partial charge in [0.1, 0.15) is 0 Å². The third kappa shape index (κ3) is 2.68. The molecule has 0 spiro atoms. The second-order valence-corrected chi connectivity index (χ2v) is 6.27. The van der Waals surface area contributed by atoms with E-state index in [0.29, 0.717) is 11.5 Å². The molecule has 1 aliphatic carbocycles. The summed E-state index contributed by atoms with van der Waals surface area (Å²) in [5.74, 6) is 0.766. The van der Waals surface area contributed by atoms with Crippen molar-refractivity contribution in [2.24, 2.45) is 11.3 Å². The van der Waals surface area contributed by atoms with Gasteiger partial charge in [-0.05, 0) is 50.4 Å². The summed E-state index contributed by atoms with van der Waals surface area (Å²) in [6.07, 6.45) is 10.6. The molecule has 0 aromatic carbocycles. The molecule has 0 bridgehead atoms. The van der Waals surface area contributed by atoms with Crippen molar-refractivity contribution in [3.8, 4) is 0 Å². The van der Waals surface area contributed by atoms with Gasteiger partial charge in [-0.3, -0.25) is 0 Å². The third-order valence-electron chi connectivity index (χ3n) is 4.55. The van der Waals surface area contributed by atoms with Crippen molar-refractivity contribution in [2.45, 2.75) is 65.4 Å².